The lowest BCUT2D eigenvalue weighted by atomic mass is 9.95. The Morgan fingerprint density at radius 1 is 1.31 bits per heavy atom. The third kappa shape index (κ3) is 3.24. The predicted molar refractivity (Wildman–Crippen MR) is 93.3 cm³/mol. The molecule has 0 bridgehead atoms. The Kier molecular flexibility index (Phi) is 4.88. The Morgan fingerprint density at radius 3 is 2.69 bits per heavy atom. The molecule has 0 saturated carbocycles. The number of rotatable bonds is 5. The zero-order chi connectivity index (χ0) is 18.8. The van der Waals surface area contributed by atoms with Crippen molar-refractivity contribution in [2.24, 2.45) is 7.05 Å². The molecule has 0 saturated heterocycles. The molecule has 3 aromatic rings. The molecule has 2 N–H and O–H groups in total. The molecular weight excluding hydrogens is 360 g/mol. The highest BCUT2D eigenvalue weighted by atomic mass is 35.5. The molecule has 0 radical (unpaired) electrons. The van der Waals surface area contributed by atoms with Crippen LogP contribution in [0.5, 0.6) is 5.75 Å². The van der Waals surface area contributed by atoms with Crippen LogP contribution in [0.2, 0.25) is 5.15 Å². The Hall–Kier alpha value is -2.97. The van der Waals surface area contributed by atoms with Gasteiger partial charge in [-0.05, 0) is 12.1 Å². The normalized spacial score (nSPS) is 12.0. The first-order valence-corrected chi connectivity index (χ1v) is 7.90. The van der Waals surface area contributed by atoms with Crippen LogP contribution in [0.25, 0.3) is 11.4 Å². The van der Waals surface area contributed by atoms with E-state index in [-0.39, 0.29) is 16.3 Å². The van der Waals surface area contributed by atoms with Crippen molar-refractivity contribution in [3.05, 3.63) is 58.6 Å². The van der Waals surface area contributed by atoms with Crippen molar-refractivity contribution >= 4 is 17.6 Å². The van der Waals surface area contributed by atoms with Crippen LogP contribution >= 0.6 is 11.6 Å². The van der Waals surface area contributed by atoms with Crippen LogP contribution in [0, 0.1) is 0 Å². The maximum absolute atomic E-state index is 11.5. The first-order chi connectivity index (χ1) is 12.4. The number of carboxylic acid groups (broad SMARTS) is 1. The lowest BCUT2D eigenvalue weighted by Crippen LogP contribution is -2.10. The first-order valence-electron chi connectivity index (χ1n) is 7.52. The number of hydrogen-bond donors (Lipinski definition) is 2. The second-order valence-corrected chi connectivity index (χ2v) is 5.86. The third-order valence-corrected chi connectivity index (χ3v) is 4.02. The summed E-state index contributed by atoms with van der Waals surface area (Å²) >= 11 is 5.89. The lowest BCUT2D eigenvalue weighted by Gasteiger charge is -2.18. The number of benzene rings is 1. The molecule has 9 heteroatoms. The Morgan fingerprint density at radius 2 is 2.08 bits per heavy atom. The van der Waals surface area contributed by atoms with E-state index in [0.29, 0.717) is 22.7 Å². The van der Waals surface area contributed by atoms with E-state index in [1.807, 2.05) is 0 Å². The number of aromatic nitrogens is 4. The van der Waals surface area contributed by atoms with Gasteiger partial charge in [-0.2, -0.15) is 5.10 Å². The van der Waals surface area contributed by atoms with Crippen molar-refractivity contribution in [3.8, 4) is 17.1 Å². The zero-order valence-electron chi connectivity index (χ0n) is 13.9. The lowest BCUT2D eigenvalue weighted by molar-refractivity contribution is 0.0690. The van der Waals surface area contributed by atoms with Gasteiger partial charge in [0.2, 0.25) is 0 Å². The fraction of sp³-hybridized carbons (Fsp3) is 0.176. The molecule has 1 atom stereocenters. The van der Waals surface area contributed by atoms with Crippen LogP contribution in [0.3, 0.4) is 0 Å². The number of aromatic carboxylic acids is 1. The van der Waals surface area contributed by atoms with Gasteiger partial charge in [-0.3, -0.25) is 4.68 Å². The van der Waals surface area contributed by atoms with E-state index in [4.69, 9.17) is 16.3 Å². The van der Waals surface area contributed by atoms with Gasteiger partial charge in [0.1, 0.15) is 23.3 Å². The predicted octanol–water partition coefficient (Wildman–Crippen LogP) is 2.32. The standard InChI is InChI=1S/C17H15ClN4O4/c1-22-8-20-16(21-22)10-5-3-4-9(15(10)26-2)14(23)11-6-13(18)19-7-12(11)17(24)25/h3-8,14,23H,1-2H3,(H,24,25). The fourth-order valence-electron chi connectivity index (χ4n) is 2.65. The molecule has 134 valence electrons. The highest BCUT2D eigenvalue weighted by Crippen LogP contribution is 2.38. The Balaban J connectivity index is 2.16. The van der Waals surface area contributed by atoms with Gasteiger partial charge in [-0.1, -0.05) is 23.7 Å². The molecule has 8 nitrogen and oxygen atoms in total. The summed E-state index contributed by atoms with van der Waals surface area (Å²) < 4.78 is 7.01. The Labute approximate surface area is 153 Å². The van der Waals surface area contributed by atoms with Gasteiger partial charge in [0.05, 0.1) is 18.2 Å². The molecule has 1 unspecified atom stereocenters. The van der Waals surface area contributed by atoms with E-state index in [2.05, 4.69) is 15.1 Å². The summed E-state index contributed by atoms with van der Waals surface area (Å²) in [7, 11) is 3.19. The van der Waals surface area contributed by atoms with Gasteiger partial charge in [-0.25, -0.2) is 14.8 Å². The maximum atomic E-state index is 11.5. The molecular formula is C17H15ClN4O4. The number of halogens is 1. The van der Waals surface area contributed by atoms with E-state index in [1.54, 1.807) is 36.3 Å². The first kappa shape index (κ1) is 17.8. The second-order valence-electron chi connectivity index (χ2n) is 5.47. The van der Waals surface area contributed by atoms with Gasteiger partial charge in [0.15, 0.2) is 5.82 Å². The van der Waals surface area contributed by atoms with E-state index in [0.717, 1.165) is 6.20 Å². The number of ether oxygens (including phenoxy) is 1. The minimum atomic E-state index is -1.29. The molecule has 0 aliphatic carbocycles. The molecule has 2 heterocycles. The van der Waals surface area contributed by atoms with Crippen LogP contribution in [0.15, 0.2) is 36.8 Å². The number of hydrogen-bond acceptors (Lipinski definition) is 6. The van der Waals surface area contributed by atoms with E-state index in [9.17, 15) is 15.0 Å². The summed E-state index contributed by atoms with van der Waals surface area (Å²) in [5, 5.41) is 24.5. The number of carboxylic acids is 1. The van der Waals surface area contributed by atoms with Gasteiger partial charge in [0, 0.05) is 24.4 Å². The summed E-state index contributed by atoms with van der Waals surface area (Å²) in [6.45, 7) is 0. The smallest absolute Gasteiger partial charge is 0.337 e. The van der Waals surface area contributed by atoms with Crippen LogP contribution in [0.4, 0.5) is 0 Å². The summed E-state index contributed by atoms with van der Waals surface area (Å²) in [5.41, 5.74) is 0.899. The number of aliphatic hydroxyl groups is 1. The average Bonchev–Trinajstić information content (AvgIpc) is 3.06. The van der Waals surface area contributed by atoms with E-state index < -0.39 is 12.1 Å². The maximum Gasteiger partial charge on any atom is 0.337 e. The fourth-order valence-corrected chi connectivity index (χ4v) is 2.82. The van der Waals surface area contributed by atoms with Crippen LogP contribution < -0.4 is 4.74 Å². The SMILES string of the molecule is COc1c(-c2ncn(C)n2)cccc1C(O)c1cc(Cl)ncc1C(=O)O. The number of methoxy groups -OCH3 is 1. The van der Waals surface area contributed by atoms with E-state index >= 15 is 0 Å². The second kappa shape index (κ2) is 7.11. The van der Waals surface area contributed by atoms with Crippen molar-refractivity contribution in [1.29, 1.82) is 0 Å². The molecule has 0 aliphatic heterocycles. The van der Waals surface area contributed by atoms with Crippen LogP contribution in [-0.4, -0.2) is 43.0 Å². The quantitative estimate of drug-likeness (QED) is 0.659. The molecule has 1 aromatic carbocycles. The highest BCUT2D eigenvalue weighted by molar-refractivity contribution is 6.29. The number of aryl methyl sites for hydroxylation is 1. The van der Waals surface area contributed by atoms with Crippen molar-refractivity contribution < 1.29 is 19.7 Å². The van der Waals surface area contributed by atoms with Crippen LogP contribution in [0.1, 0.15) is 27.6 Å². The molecule has 0 spiro atoms. The summed E-state index contributed by atoms with van der Waals surface area (Å²) in [6.07, 6.45) is 1.36. The number of para-hydroxylation sites is 1. The minimum Gasteiger partial charge on any atom is -0.496 e. The summed E-state index contributed by atoms with van der Waals surface area (Å²) in [5.74, 6) is -0.454. The third-order valence-electron chi connectivity index (χ3n) is 3.81. The zero-order valence-corrected chi connectivity index (χ0v) is 14.7. The topological polar surface area (TPSA) is 110 Å². The van der Waals surface area contributed by atoms with Gasteiger partial charge in [0.25, 0.3) is 0 Å². The van der Waals surface area contributed by atoms with E-state index in [1.165, 1.54) is 13.2 Å². The van der Waals surface area contributed by atoms with Gasteiger partial charge in [-0.15, -0.1) is 0 Å². The number of pyridine rings is 1. The molecule has 26 heavy (non-hydrogen) atoms. The van der Waals surface area contributed by atoms with Gasteiger partial charge >= 0.3 is 5.97 Å². The number of carbonyl (C=O) groups is 1. The van der Waals surface area contributed by atoms with Crippen molar-refractivity contribution in [1.82, 2.24) is 19.7 Å². The van der Waals surface area contributed by atoms with Crippen molar-refractivity contribution in [2.45, 2.75) is 6.10 Å². The number of aliphatic hydroxyl groups excluding tert-OH is 1. The number of nitrogens with zero attached hydrogens (tertiary/aromatic N) is 4. The highest BCUT2D eigenvalue weighted by Gasteiger charge is 2.25. The molecule has 2 aromatic heterocycles. The average molecular weight is 375 g/mol. The molecule has 3 rings (SSSR count). The van der Waals surface area contributed by atoms with Crippen molar-refractivity contribution in [3.63, 3.8) is 0 Å². The molecule has 0 amide bonds. The largest absolute Gasteiger partial charge is 0.496 e. The molecule has 0 aliphatic rings. The van der Waals surface area contributed by atoms with Crippen LogP contribution in [-0.2, 0) is 7.05 Å². The van der Waals surface area contributed by atoms with Crippen molar-refractivity contribution in [2.75, 3.05) is 7.11 Å². The monoisotopic (exact) mass is 374 g/mol. The summed E-state index contributed by atoms with van der Waals surface area (Å²) in [4.78, 5) is 19.4. The molecule has 0 fully saturated rings. The van der Waals surface area contributed by atoms with Gasteiger partial charge < -0.3 is 14.9 Å². The minimum absolute atomic E-state index is 0.0746. The summed E-state index contributed by atoms with van der Waals surface area (Å²) in [6, 6.07) is 6.41. The Bertz CT molecular complexity index is 973.